The summed E-state index contributed by atoms with van der Waals surface area (Å²) in [7, 11) is 0. The average Bonchev–Trinajstić information content (AvgIpc) is 2.61. The smallest absolute Gasteiger partial charge is 0.0895 e. The third-order valence-corrected chi connectivity index (χ3v) is 5.26. The van der Waals surface area contributed by atoms with Crippen LogP contribution in [0.4, 0.5) is 5.69 Å². The van der Waals surface area contributed by atoms with Crippen molar-refractivity contribution < 1.29 is 4.74 Å². The summed E-state index contributed by atoms with van der Waals surface area (Å²) in [5, 5.41) is 13.4. The number of nitrogens with zero attached hydrogens (tertiary/aromatic N) is 1. The Balaban J connectivity index is 1.76. The second-order valence-corrected chi connectivity index (χ2v) is 6.97. The third-order valence-electron chi connectivity index (χ3n) is 5.02. The van der Waals surface area contributed by atoms with Gasteiger partial charge in [-0.25, -0.2) is 0 Å². The fourth-order valence-corrected chi connectivity index (χ4v) is 4.15. The van der Waals surface area contributed by atoms with Gasteiger partial charge in [-0.3, -0.25) is 0 Å². The summed E-state index contributed by atoms with van der Waals surface area (Å²) in [6, 6.07) is 16.7. The highest BCUT2D eigenvalue weighted by molar-refractivity contribution is 6.30. The van der Waals surface area contributed by atoms with E-state index in [0.29, 0.717) is 12.3 Å². The maximum atomic E-state index is 8.96. The van der Waals surface area contributed by atoms with Gasteiger partial charge in [0.15, 0.2) is 0 Å². The van der Waals surface area contributed by atoms with Crippen molar-refractivity contribution in [2.45, 2.75) is 31.4 Å². The van der Waals surface area contributed by atoms with E-state index in [4.69, 9.17) is 21.6 Å². The second kappa shape index (κ2) is 6.47. The molecule has 1 N–H and O–H groups in total. The number of ether oxygens (including phenoxy) is 1. The van der Waals surface area contributed by atoms with Crippen molar-refractivity contribution >= 4 is 17.3 Å². The molecule has 2 aliphatic heterocycles. The number of nitrogens with one attached hydrogen (secondary N) is 1. The number of rotatable bonds is 2. The third kappa shape index (κ3) is 2.77. The Morgan fingerprint density at radius 2 is 2.17 bits per heavy atom. The number of anilines is 1. The zero-order chi connectivity index (χ0) is 16.5. The summed E-state index contributed by atoms with van der Waals surface area (Å²) in [5.41, 5.74) is 4.54. The summed E-state index contributed by atoms with van der Waals surface area (Å²) < 4.78 is 6.17. The average molecular weight is 339 g/mol. The summed E-state index contributed by atoms with van der Waals surface area (Å²) in [6.07, 6.45) is 2.71. The number of nitriles is 1. The molecule has 122 valence electrons. The molecule has 2 heterocycles. The highest BCUT2D eigenvalue weighted by Gasteiger charge is 2.39. The minimum absolute atomic E-state index is 0.0811. The van der Waals surface area contributed by atoms with Gasteiger partial charge in [-0.1, -0.05) is 35.9 Å². The zero-order valence-electron chi connectivity index (χ0n) is 13.3. The molecule has 3 unspecified atom stereocenters. The minimum Gasteiger partial charge on any atom is -0.378 e. The van der Waals surface area contributed by atoms with Crippen LogP contribution in [0.2, 0.25) is 5.02 Å². The molecule has 0 saturated carbocycles. The fourth-order valence-electron chi connectivity index (χ4n) is 3.95. The lowest BCUT2D eigenvalue weighted by Gasteiger charge is -2.43. The van der Waals surface area contributed by atoms with Gasteiger partial charge in [0, 0.05) is 28.8 Å². The predicted octanol–water partition coefficient (Wildman–Crippen LogP) is 5.04. The highest BCUT2D eigenvalue weighted by Crippen LogP contribution is 2.49. The molecule has 1 fully saturated rings. The van der Waals surface area contributed by atoms with E-state index in [2.05, 4.69) is 29.6 Å². The molecule has 3 atom stereocenters. The summed E-state index contributed by atoms with van der Waals surface area (Å²) in [4.78, 5) is 0. The molecule has 0 bridgehead atoms. The molecule has 2 aliphatic rings. The molecular weight excluding hydrogens is 320 g/mol. The summed E-state index contributed by atoms with van der Waals surface area (Å²) >= 11 is 6.21. The van der Waals surface area contributed by atoms with E-state index in [1.807, 2.05) is 24.3 Å². The van der Waals surface area contributed by atoms with E-state index in [1.54, 1.807) is 0 Å². The molecule has 3 nitrogen and oxygen atoms in total. The van der Waals surface area contributed by atoms with Crippen LogP contribution >= 0.6 is 11.6 Å². The summed E-state index contributed by atoms with van der Waals surface area (Å²) in [5.74, 6) is 0.377. The van der Waals surface area contributed by atoms with Crippen LogP contribution in [0.25, 0.3) is 0 Å². The molecule has 4 heteroatoms. The molecule has 0 aromatic heterocycles. The molecule has 0 spiro atoms. The van der Waals surface area contributed by atoms with Gasteiger partial charge in [0.2, 0.25) is 0 Å². The van der Waals surface area contributed by atoms with E-state index in [1.165, 1.54) is 11.1 Å². The number of hydrogen-bond donors (Lipinski definition) is 1. The van der Waals surface area contributed by atoms with Crippen molar-refractivity contribution in [3.05, 3.63) is 64.2 Å². The maximum Gasteiger partial charge on any atom is 0.0895 e. The lowest BCUT2D eigenvalue weighted by molar-refractivity contribution is -0.0381. The van der Waals surface area contributed by atoms with Crippen molar-refractivity contribution in [1.29, 1.82) is 5.26 Å². The zero-order valence-corrected chi connectivity index (χ0v) is 14.1. The molecule has 2 aromatic rings. The molecule has 1 saturated heterocycles. The van der Waals surface area contributed by atoms with Crippen molar-refractivity contribution in [1.82, 2.24) is 0 Å². The minimum atomic E-state index is 0.0811. The van der Waals surface area contributed by atoms with E-state index < -0.39 is 0 Å². The van der Waals surface area contributed by atoms with Gasteiger partial charge in [-0.2, -0.15) is 5.26 Å². The van der Waals surface area contributed by atoms with Crippen LogP contribution in [0.5, 0.6) is 0 Å². The van der Waals surface area contributed by atoms with E-state index >= 15 is 0 Å². The van der Waals surface area contributed by atoms with Gasteiger partial charge in [-0.15, -0.1) is 0 Å². The molecular formula is C20H19ClN2O. The SMILES string of the molecule is N#CCc1ccc2c(c1)C1OCCCC1C(c1cccc(Cl)c1)N2. The molecule has 24 heavy (non-hydrogen) atoms. The van der Waals surface area contributed by atoms with Gasteiger partial charge >= 0.3 is 0 Å². The molecule has 0 amide bonds. The normalized spacial score (nSPS) is 25.1. The fraction of sp³-hybridized carbons (Fsp3) is 0.350. The van der Waals surface area contributed by atoms with Gasteiger partial charge < -0.3 is 10.1 Å². The molecule has 2 aromatic carbocycles. The Bertz CT molecular complexity index is 798. The highest BCUT2D eigenvalue weighted by atomic mass is 35.5. The van der Waals surface area contributed by atoms with Gasteiger partial charge in [0.25, 0.3) is 0 Å². The first-order valence-electron chi connectivity index (χ1n) is 8.39. The largest absolute Gasteiger partial charge is 0.378 e. The van der Waals surface area contributed by atoms with Crippen molar-refractivity contribution in [2.24, 2.45) is 5.92 Å². The standard InChI is InChI=1S/C20H19ClN2O/c21-15-4-1-3-14(12-15)19-16-5-2-10-24-20(16)17-11-13(8-9-22)6-7-18(17)23-19/h1,3-4,6-7,11-12,16,19-20,23H,2,5,8,10H2. The monoisotopic (exact) mass is 338 g/mol. The Kier molecular flexibility index (Phi) is 4.18. The molecule has 4 rings (SSSR count). The Hall–Kier alpha value is -2.02. The van der Waals surface area contributed by atoms with Crippen LogP contribution in [0.1, 0.15) is 41.7 Å². The van der Waals surface area contributed by atoms with Crippen LogP contribution in [0.3, 0.4) is 0 Å². The first kappa shape index (κ1) is 15.5. The van der Waals surface area contributed by atoms with Gasteiger partial charge in [0.05, 0.1) is 24.6 Å². The van der Waals surface area contributed by atoms with E-state index in [0.717, 1.165) is 35.7 Å². The van der Waals surface area contributed by atoms with Crippen molar-refractivity contribution in [2.75, 3.05) is 11.9 Å². The predicted molar refractivity (Wildman–Crippen MR) is 95.0 cm³/mol. The number of hydrogen-bond acceptors (Lipinski definition) is 3. The Morgan fingerprint density at radius 3 is 3.00 bits per heavy atom. The molecule has 0 radical (unpaired) electrons. The van der Waals surface area contributed by atoms with Crippen LogP contribution in [-0.4, -0.2) is 6.61 Å². The number of fused-ring (bicyclic) bond motifs is 3. The van der Waals surface area contributed by atoms with Crippen molar-refractivity contribution in [3.63, 3.8) is 0 Å². The number of benzene rings is 2. The van der Waals surface area contributed by atoms with Crippen LogP contribution in [-0.2, 0) is 11.2 Å². The van der Waals surface area contributed by atoms with Crippen molar-refractivity contribution in [3.8, 4) is 6.07 Å². The molecule has 0 aliphatic carbocycles. The Labute approximate surface area is 147 Å². The summed E-state index contributed by atoms with van der Waals surface area (Å²) in [6.45, 7) is 0.797. The van der Waals surface area contributed by atoms with Gasteiger partial charge in [-0.05, 0) is 42.2 Å². The van der Waals surface area contributed by atoms with Gasteiger partial charge in [0.1, 0.15) is 0 Å². The quantitative estimate of drug-likeness (QED) is 0.834. The first-order chi connectivity index (χ1) is 11.8. The number of halogens is 1. The maximum absolute atomic E-state index is 8.96. The lowest BCUT2D eigenvalue weighted by atomic mass is 9.77. The lowest BCUT2D eigenvalue weighted by Crippen LogP contribution is -2.36. The second-order valence-electron chi connectivity index (χ2n) is 6.53. The first-order valence-corrected chi connectivity index (χ1v) is 8.77. The topological polar surface area (TPSA) is 45.0 Å². The van der Waals surface area contributed by atoms with E-state index in [-0.39, 0.29) is 12.1 Å². The van der Waals surface area contributed by atoms with Crippen LogP contribution in [0.15, 0.2) is 42.5 Å². The van der Waals surface area contributed by atoms with E-state index in [9.17, 15) is 0 Å². The van der Waals surface area contributed by atoms with Crippen LogP contribution < -0.4 is 5.32 Å². The Morgan fingerprint density at radius 1 is 1.25 bits per heavy atom. The van der Waals surface area contributed by atoms with Crippen LogP contribution in [0, 0.1) is 17.2 Å².